The minimum atomic E-state index is -0.439. The smallest absolute Gasteiger partial charge is 0.341 e. The highest BCUT2D eigenvalue weighted by Crippen LogP contribution is 2.24. The molecule has 2 rings (SSSR count). The van der Waals surface area contributed by atoms with Gasteiger partial charge in [-0.1, -0.05) is 30.9 Å². The first kappa shape index (κ1) is 13.1. The van der Waals surface area contributed by atoms with Crippen molar-refractivity contribution in [1.82, 2.24) is 4.98 Å². The predicted octanol–water partition coefficient (Wildman–Crippen LogP) is 3.05. The summed E-state index contributed by atoms with van der Waals surface area (Å²) in [5.74, 6) is 0.0425. The maximum absolute atomic E-state index is 11.9. The largest absolute Gasteiger partial charge is 0.462 e. The molecule has 0 aliphatic heterocycles. The Morgan fingerprint density at radius 2 is 2.17 bits per heavy atom. The molecule has 0 spiro atoms. The van der Waals surface area contributed by atoms with Crippen molar-refractivity contribution in [2.24, 2.45) is 5.92 Å². The molecule has 1 saturated carbocycles. The highest BCUT2D eigenvalue weighted by Gasteiger charge is 2.18. The number of nitrogens with two attached hydrogens (primary N) is 1. The molecule has 2 N–H and O–H groups in total. The van der Waals surface area contributed by atoms with E-state index in [1.165, 1.54) is 31.5 Å². The number of nitrogens with zero attached hydrogens (tertiary/aromatic N) is 1. The van der Waals surface area contributed by atoms with Crippen molar-refractivity contribution in [3.63, 3.8) is 0 Å². The van der Waals surface area contributed by atoms with Gasteiger partial charge in [-0.2, -0.15) is 0 Å². The number of ether oxygens (including phenoxy) is 1. The number of halogens is 1. The Kier molecular flexibility index (Phi) is 4.42. The van der Waals surface area contributed by atoms with E-state index >= 15 is 0 Å². The van der Waals surface area contributed by atoms with Gasteiger partial charge in [-0.15, -0.1) is 0 Å². The van der Waals surface area contributed by atoms with Gasteiger partial charge in [0.15, 0.2) is 0 Å². The zero-order valence-corrected chi connectivity index (χ0v) is 10.9. The van der Waals surface area contributed by atoms with Gasteiger partial charge in [-0.3, -0.25) is 0 Å². The standard InChI is InChI=1S/C13H17ClN2O2/c14-12-11(6-10(15)7-16-12)13(17)18-8-9-4-2-1-3-5-9/h6-7,9H,1-5,8,15H2. The van der Waals surface area contributed by atoms with E-state index in [1.54, 1.807) is 0 Å². The second-order valence-electron chi connectivity index (χ2n) is 4.71. The van der Waals surface area contributed by atoms with Crippen molar-refractivity contribution in [3.8, 4) is 0 Å². The van der Waals surface area contributed by atoms with Crippen LogP contribution in [0.4, 0.5) is 5.69 Å². The molecule has 18 heavy (non-hydrogen) atoms. The fraction of sp³-hybridized carbons (Fsp3) is 0.538. The lowest BCUT2D eigenvalue weighted by molar-refractivity contribution is 0.0410. The van der Waals surface area contributed by atoms with Gasteiger partial charge in [-0.05, 0) is 24.8 Å². The molecule has 0 atom stereocenters. The first-order chi connectivity index (χ1) is 8.66. The number of rotatable bonds is 3. The van der Waals surface area contributed by atoms with Gasteiger partial charge in [0.05, 0.1) is 24.1 Å². The van der Waals surface area contributed by atoms with Gasteiger partial charge in [0.25, 0.3) is 0 Å². The summed E-state index contributed by atoms with van der Waals surface area (Å²) in [4.78, 5) is 15.7. The number of pyridine rings is 1. The van der Waals surface area contributed by atoms with Crippen molar-refractivity contribution in [2.75, 3.05) is 12.3 Å². The average molecular weight is 269 g/mol. The molecule has 1 aliphatic carbocycles. The number of carbonyl (C=O) groups excluding carboxylic acids is 1. The molecule has 0 radical (unpaired) electrons. The van der Waals surface area contributed by atoms with Gasteiger partial charge in [0.2, 0.25) is 0 Å². The molecular formula is C13H17ClN2O2. The number of nitrogen functional groups attached to an aromatic ring is 1. The van der Waals surface area contributed by atoms with Crippen LogP contribution < -0.4 is 5.73 Å². The Bertz CT molecular complexity index is 431. The number of esters is 1. The Labute approximate surface area is 111 Å². The molecule has 1 aromatic rings. The van der Waals surface area contributed by atoms with Gasteiger partial charge in [-0.25, -0.2) is 9.78 Å². The van der Waals surface area contributed by atoms with E-state index in [9.17, 15) is 4.79 Å². The van der Waals surface area contributed by atoms with Crippen LogP contribution in [0.2, 0.25) is 5.15 Å². The number of aromatic nitrogens is 1. The number of anilines is 1. The lowest BCUT2D eigenvalue weighted by atomic mass is 9.90. The maximum atomic E-state index is 11.9. The molecule has 0 aromatic carbocycles. The third-order valence-electron chi connectivity index (χ3n) is 3.26. The van der Waals surface area contributed by atoms with Crippen molar-refractivity contribution < 1.29 is 9.53 Å². The third-order valence-corrected chi connectivity index (χ3v) is 3.56. The zero-order valence-electron chi connectivity index (χ0n) is 10.2. The first-order valence-corrected chi connectivity index (χ1v) is 6.63. The molecule has 98 valence electrons. The molecule has 1 aromatic heterocycles. The molecule has 1 fully saturated rings. The summed E-state index contributed by atoms with van der Waals surface area (Å²) in [5, 5.41) is 0.137. The second kappa shape index (κ2) is 6.05. The quantitative estimate of drug-likeness (QED) is 0.676. The molecule has 5 heteroatoms. The van der Waals surface area contributed by atoms with Crippen molar-refractivity contribution in [3.05, 3.63) is 23.0 Å². The van der Waals surface area contributed by atoms with E-state index < -0.39 is 5.97 Å². The highest BCUT2D eigenvalue weighted by molar-refractivity contribution is 6.32. The molecule has 0 saturated heterocycles. The van der Waals surface area contributed by atoms with Crippen LogP contribution in [0.25, 0.3) is 0 Å². The number of hydrogen-bond donors (Lipinski definition) is 1. The van der Waals surface area contributed by atoms with Gasteiger partial charge in [0.1, 0.15) is 5.15 Å². The van der Waals surface area contributed by atoms with E-state index in [1.807, 2.05) is 0 Å². The normalized spacial score (nSPS) is 16.5. The Hall–Kier alpha value is -1.29. The molecule has 1 aliphatic rings. The summed E-state index contributed by atoms with van der Waals surface area (Å²) >= 11 is 5.85. The van der Waals surface area contributed by atoms with E-state index in [2.05, 4.69) is 4.98 Å². The van der Waals surface area contributed by atoms with Crippen molar-refractivity contribution >= 4 is 23.3 Å². The molecule has 0 unspecified atom stereocenters. The summed E-state index contributed by atoms with van der Waals surface area (Å²) in [6, 6.07) is 1.50. The lowest BCUT2D eigenvalue weighted by Crippen LogP contribution is -2.17. The topological polar surface area (TPSA) is 65.2 Å². The molecule has 0 amide bonds. The van der Waals surface area contributed by atoms with Crippen LogP contribution in [0.3, 0.4) is 0 Å². The molecule has 0 bridgehead atoms. The van der Waals surface area contributed by atoms with E-state index in [0.29, 0.717) is 18.2 Å². The fourth-order valence-electron chi connectivity index (χ4n) is 2.23. The highest BCUT2D eigenvalue weighted by atomic mass is 35.5. The molecule has 4 nitrogen and oxygen atoms in total. The summed E-state index contributed by atoms with van der Waals surface area (Å²) in [6.45, 7) is 0.462. The monoisotopic (exact) mass is 268 g/mol. The van der Waals surface area contributed by atoms with Crippen LogP contribution >= 0.6 is 11.6 Å². The fourth-order valence-corrected chi connectivity index (χ4v) is 2.41. The summed E-state index contributed by atoms with van der Waals surface area (Å²) in [6.07, 6.45) is 7.42. The van der Waals surface area contributed by atoms with E-state index in [4.69, 9.17) is 22.1 Å². The van der Waals surface area contributed by atoms with Crippen LogP contribution in [-0.4, -0.2) is 17.6 Å². The maximum Gasteiger partial charge on any atom is 0.341 e. The van der Waals surface area contributed by atoms with Crippen LogP contribution in [-0.2, 0) is 4.74 Å². The van der Waals surface area contributed by atoms with Crippen LogP contribution in [0.1, 0.15) is 42.5 Å². The molecular weight excluding hydrogens is 252 g/mol. The number of hydrogen-bond acceptors (Lipinski definition) is 4. The third kappa shape index (κ3) is 3.35. The number of carbonyl (C=O) groups is 1. The Balaban J connectivity index is 1.92. The SMILES string of the molecule is Nc1cnc(Cl)c(C(=O)OCC2CCCCC2)c1. The first-order valence-electron chi connectivity index (χ1n) is 6.25. The van der Waals surface area contributed by atoms with E-state index in [-0.39, 0.29) is 10.7 Å². The minimum absolute atomic E-state index is 0.137. The second-order valence-corrected chi connectivity index (χ2v) is 5.07. The summed E-state index contributed by atoms with van der Waals surface area (Å²) < 4.78 is 5.28. The molecule has 1 heterocycles. The Morgan fingerprint density at radius 3 is 2.89 bits per heavy atom. The zero-order chi connectivity index (χ0) is 13.0. The van der Waals surface area contributed by atoms with Gasteiger partial charge < -0.3 is 10.5 Å². The minimum Gasteiger partial charge on any atom is -0.462 e. The summed E-state index contributed by atoms with van der Waals surface area (Å²) in [5.41, 5.74) is 6.22. The van der Waals surface area contributed by atoms with Crippen LogP contribution in [0.15, 0.2) is 12.3 Å². The van der Waals surface area contributed by atoms with Crippen LogP contribution in [0, 0.1) is 5.92 Å². The predicted molar refractivity (Wildman–Crippen MR) is 70.5 cm³/mol. The van der Waals surface area contributed by atoms with Gasteiger partial charge in [0, 0.05) is 0 Å². The van der Waals surface area contributed by atoms with E-state index in [0.717, 1.165) is 12.8 Å². The average Bonchev–Trinajstić information content (AvgIpc) is 2.40. The Morgan fingerprint density at radius 1 is 1.44 bits per heavy atom. The lowest BCUT2D eigenvalue weighted by Gasteiger charge is -2.21. The van der Waals surface area contributed by atoms with Crippen molar-refractivity contribution in [1.29, 1.82) is 0 Å². The van der Waals surface area contributed by atoms with Gasteiger partial charge >= 0.3 is 5.97 Å². The van der Waals surface area contributed by atoms with Crippen molar-refractivity contribution in [2.45, 2.75) is 32.1 Å². The van der Waals surface area contributed by atoms with Crippen LogP contribution in [0.5, 0.6) is 0 Å². The summed E-state index contributed by atoms with van der Waals surface area (Å²) in [7, 11) is 0.